The molecular weight excluding hydrogens is 384 g/mol. The van der Waals surface area contributed by atoms with Crippen molar-refractivity contribution in [1.82, 2.24) is 29.5 Å². The summed E-state index contributed by atoms with van der Waals surface area (Å²) in [6.45, 7) is 2.85. The number of rotatable bonds is 8. The first-order valence-electron chi connectivity index (χ1n) is 9.34. The Morgan fingerprint density at radius 3 is 2.70 bits per heavy atom. The Bertz CT molecular complexity index is 831. The number of thioether (sulfide) groups is 1. The Labute approximate surface area is 164 Å². The summed E-state index contributed by atoms with van der Waals surface area (Å²) in [5.74, 6) is 1.38. The first-order chi connectivity index (χ1) is 13.0. The molecule has 0 radical (unpaired) electrons. The van der Waals surface area contributed by atoms with Gasteiger partial charge in [0.05, 0.1) is 10.8 Å². The molecule has 1 aliphatic carbocycles. The van der Waals surface area contributed by atoms with Gasteiger partial charge in [-0.15, -0.1) is 5.10 Å². The highest BCUT2D eigenvalue weighted by atomic mass is 32.2. The molecule has 10 heteroatoms. The van der Waals surface area contributed by atoms with Crippen molar-refractivity contribution in [2.45, 2.75) is 73.7 Å². The summed E-state index contributed by atoms with van der Waals surface area (Å²) in [5, 5.41) is 12.5. The average molecular weight is 411 g/mol. The monoisotopic (exact) mass is 410 g/mol. The van der Waals surface area contributed by atoms with E-state index in [2.05, 4.69) is 27.4 Å². The minimum atomic E-state index is -3.50. The van der Waals surface area contributed by atoms with E-state index in [0.717, 1.165) is 49.5 Å². The molecular formula is C17H26N6O2S2. The van der Waals surface area contributed by atoms with Crippen LogP contribution < -0.4 is 0 Å². The van der Waals surface area contributed by atoms with Crippen LogP contribution in [0.15, 0.2) is 28.3 Å². The molecule has 8 nitrogen and oxygen atoms in total. The molecule has 1 saturated carbocycles. The Morgan fingerprint density at radius 2 is 2.04 bits per heavy atom. The Balaban J connectivity index is 1.64. The highest BCUT2D eigenvalue weighted by Crippen LogP contribution is 2.27. The summed E-state index contributed by atoms with van der Waals surface area (Å²) in [4.78, 5) is 4.57. The molecule has 1 fully saturated rings. The van der Waals surface area contributed by atoms with E-state index in [0.29, 0.717) is 5.75 Å². The minimum absolute atomic E-state index is 0.0928. The van der Waals surface area contributed by atoms with Gasteiger partial charge in [0, 0.05) is 25.8 Å². The fraction of sp³-hybridized carbons (Fsp3) is 0.647. The molecule has 2 aromatic rings. The zero-order valence-electron chi connectivity index (χ0n) is 15.8. The zero-order valence-corrected chi connectivity index (χ0v) is 17.4. The van der Waals surface area contributed by atoms with Crippen molar-refractivity contribution in [3.8, 4) is 0 Å². The summed E-state index contributed by atoms with van der Waals surface area (Å²) in [5.41, 5.74) is 0. The van der Waals surface area contributed by atoms with Crippen LogP contribution in [-0.2, 0) is 22.3 Å². The molecule has 3 rings (SSSR count). The maximum Gasteiger partial charge on any atom is 0.244 e. The lowest BCUT2D eigenvalue weighted by Crippen LogP contribution is -2.38. The minimum Gasteiger partial charge on any atom is -0.249 e. The standard InChI is InChI=1S/C17H26N6O2S2/c1-3-11-23-16(19-20-21-23)13-26-17-10-9-15(12-18-17)27(24,25)22(2)14-7-5-4-6-8-14/h9-10,12,14H,3-8,11,13H2,1-2H3. The van der Waals surface area contributed by atoms with Crippen LogP contribution in [0.25, 0.3) is 0 Å². The first-order valence-corrected chi connectivity index (χ1v) is 11.8. The van der Waals surface area contributed by atoms with Crippen LogP contribution in [0.5, 0.6) is 0 Å². The smallest absolute Gasteiger partial charge is 0.244 e. The molecule has 27 heavy (non-hydrogen) atoms. The molecule has 0 unspecified atom stereocenters. The van der Waals surface area contributed by atoms with Crippen molar-refractivity contribution in [3.63, 3.8) is 0 Å². The highest BCUT2D eigenvalue weighted by Gasteiger charge is 2.29. The maximum absolute atomic E-state index is 12.9. The lowest BCUT2D eigenvalue weighted by Gasteiger charge is -2.30. The van der Waals surface area contributed by atoms with Gasteiger partial charge in [0.2, 0.25) is 10.0 Å². The van der Waals surface area contributed by atoms with Gasteiger partial charge < -0.3 is 0 Å². The highest BCUT2D eigenvalue weighted by molar-refractivity contribution is 7.98. The van der Waals surface area contributed by atoms with Crippen LogP contribution in [0.3, 0.4) is 0 Å². The third-order valence-corrected chi connectivity index (χ3v) is 7.70. The van der Waals surface area contributed by atoms with Gasteiger partial charge >= 0.3 is 0 Å². The molecule has 2 heterocycles. The summed E-state index contributed by atoms with van der Waals surface area (Å²) < 4.78 is 29.0. The zero-order chi connectivity index (χ0) is 19.3. The number of sulfonamides is 1. The predicted octanol–water partition coefficient (Wildman–Crippen LogP) is 2.72. The number of nitrogens with zero attached hydrogens (tertiary/aromatic N) is 6. The number of aromatic nitrogens is 5. The summed E-state index contributed by atoms with van der Waals surface area (Å²) in [6.07, 6.45) is 7.66. The van der Waals surface area contributed by atoms with Crippen LogP contribution in [0.1, 0.15) is 51.3 Å². The van der Waals surface area contributed by atoms with Crippen molar-refractivity contribution in [1.29, 1.82) is 0 Å². The van der Waals surface area contributed by atoms with Gasteiger partial charge in [-0.2, -0.15) is 4.31 Å². The Kier molecular flexibility index (Phi) is 6.83. The molecule has 0 atom stereocenters. The molecule has 0 aromatic carbocycles. The quantitative estimate of drug-likeness (QED) is 0.618. The number of pyridine rings is 1. The van der Waals surface area contributed by atoms with Crippen LogP contribution in [0.4, 0.5) is 0 Å². The molecule has 0 aliphatic heterocycles. The van der Waals surface area contributed by atoms with Crippen LogP contribution in [0.2, 0.25) is 0 Å². The van der Waals surface area contributed by atoms with Gasteiger partial charge in [0.15, 0.2) is 5.82 Å². The van der Waals surface area contributed by atoms with Crippen molar-refractivity contribution in [2.75, 3.05) is 7.05 Å². The van der Waals surface area contributed by atoms with Crippen LogP contribution >= 0.6 is 11.8 Å². The molecule has 0 spiro atoms. The van der Waals surface area contributed by atoms with E-state index >= 15 is 0 Å². The fourth-order valence-corrected chi connectivity index (χ4v) is 5.40. The number of tetrazole rings is 1. The lowest BCUT2D eigenvalue weighted by molar-refractivity contribution is 0.285. The maximum atomic E-state index is 12.9. The van der Waals surface area contributed by atoms with Gasteiger partial charge in [-0.05, 0) is 41.8 Å². The number of hydrogen-bond donors (Lipinski definition) is 0. The van der Waals surface area contributed by atoms with E-state index in [1.807, 2.05) is 0 Å². The van der Waals surface area contributed by atoms with Gasteiger partial charge in [0.1, 0.15) is 4.90 Å². The van der Waals surface area contributed by atoms with E-state index in [9.17, 15) is 8.42 Å². The first kappa shape index (κ1) is 20.2. The molecule has 0 amide bonds. The summed E-state index contributed by atoms with van der Waals surface area (Å²) >= 11 is 1.49. The molecule has 1 aliphatic rings. The topological polar surface area (TPSA) is 93.9 Å². The van der Waals surface area contributed by atoms with E-state index in [1.165, 1.54) is 28.7 Å². The molecule has 2 aromatic heterocycles. The molecule has 148 valence electrons. The van der Waals surface area contributed by atoms with E-state index < -0.39 is 10.0 Å². The van der Waals surface area contributed by atoms with Gasteiger partial charge in [-0.25, -0.2) is 18.1 Å². The molecule has 0 saturated heterocycles. The van der Waals surface area contributed by atoms with Crippen molar-refractivity contribution in [3.05, 3.63) is 24.2 Å². The van der Waals surface area contributed by atoms with Crippen molar-refractivity contribution < 1.29 is 8.42 Å². The van der Waals surface area contributed by atoms with E-state index in [-0.39, 0.29) is 10.9 Å². The van der Waals surface area contributed by atoms with Crippen molar-refractivity contribution in [2.24, 2.45) is 0 Å². The Hall–Kier alpha value is -1.52. The van der Waals surface area contributed by atoms with Gasteiger partial charge in [0.25, 0.3) is 0 Å². The lowest BCUT2D eigenvalue weighted by atomic mass is 9.96. The summed E-state index contributed by atoms with van der Waals surface area (Å²) in [6, 6.07) is 3.48. The third-order valence-electron chi connectivity index (χ3n) is 4.87. The van der Waals surface area contributed by atoms with Crippen molar-refractivity contribution >= 4 is 21.8 Å². The van der Waals surface area contributed by atoms with Crippen LogP contribution in [-0.4, -0.2) is 51.0 Å². The molecule has 0 N–H and O–H groups in total. The Morgan fingerprint density at radius 1 is 1.26 bits per heavy atom. The van der Waals surface area contributed by atoms with E-state index in [1.54, 1.807) is 23.9 Å². The van der Waals surface area contributed by atoms with E-state index in [4.69, 9.17) is 0 Å². The fourth-order valence-electron chi connectivity index (χ4n) is 3.26. The van der Waals surface area contributed by atoms with Gasteiger partial charge in [-0.3, -0.25) is 0 Å². The second-order valence-corrected chi connectivity index (χ2v) is 9.75. The second kappa shape index (κ2) is 9.11. The summed E-state index contributed by atoms with van der Waals surface area (Å²) in [7, 11) is -1.82. The number of aryl methyl sites for hydroxylation is 1. The van der Waals surface area contributed by atoms with Crippen LogP contribution in [0, 0.1) is 0 Å². The SMILES string of the molecule is CCCn1nnnc1CSc1ccc(S(=O)(=O)N(C)C2CCCCC2)cn1. The van der Waals surface area contributed by atoms with Gasteiger partial charge in [-0.1, -0.05) is 37.9 Å². The predicted molar refractivity (Wildman–Crippen MR) is 104 cm³/mol. The second-order valence-electron chi connectivity index (χ2n) is 6.75. The molecule has 0 bridgehead atoms. The largest absolute Gasteiger partial charge is 0.249 e. The average Bonchev–Trinajstić information content (AvgIpc) is 3.14. The number of hydrogen-bond acceptors (Lipinski definition) is 7. The normalized spacial score (nSPS) is 16.1. The third kappa shape index (κ3) is 4.85.